The number of amides is 1. The zero-order chi connectivity index (χ0) is 16.3. The molecule has 4 nitrogen and oxygen atoms in total. The summed E-state index contributed by atoms with van der Waals surface area (Å²) in [6.45, 7) is 2.00. The molecule has 2 rings (SSSR count). The highest BCUT2D eigenvalue weighted by Gasteiger charge is 2.31. The number of hydrogen-bond donors (Lipinski definition) is 0. The molecule has 0 aliphatic rings. The fourth-order valence-corrected chi connectivity index (χ4v) is 1.91. The van der Waals surface area contributed by atoms with Gasteiger partial charge in [0, 0.05) is 19.2 Å². The van der Waals surface area contributed by atoms with Gasteiger partial charge in [-0.05, 0) is 30.7 Å². The first-order valence-electron chi connectivity index (χ1n) is 6.40. The zero-order valence-corrected chi connectivity index (χ0v) is 12.0. The number of halogens is 3. The Kier molecular flexibility index (Phi) is 4.44. The van der Waals surface area contributed by atoms with E-state index >= 15 is 0 Å². The molecule has 0 aliphatic heterocycles. The van der Waals surface area contributed by atoms with Crippen LogP contribution < -0.4 is 4.74 Å². The topological polar surface area (TPSA) is 42.7 Å². The van der Waals surface area contributed by atoms with Crippen LogP contribution in [0.25, 0.3) is 0 Å². The van der Waals surface area contributed by atoms with Gasteiger partial charge in [0.15, 0.2) is 5.76 Å². The molecule has 0 saturated heterocycles. The van der Waals surface area contributed by atoms with E-state index in [2.05, 4.69) is 4.74 Å². The van der Waals surface area contributed by atoms with Crippen LogP contribution in [-0.2, 0) is 6.54 Å². The summed E-state index contributed by atoms with van der Waals surface area (Å²) in [5, 5.41) is 0. The molecule has 0 saturated carbocycles. The molecule has 1 aromatic carbocycles. The third-order valence-corrected chi connectivity index (χ3v) is 2.98. The van der Waals surface area contributed by atoms with Crippen molar-refractivity contribution in [3.63, 3.8) is 0 Å². The van der Waals surface area contributed by atoms with E-state index < -0.39 is 6.36 Å². The number of nitrogens with zero attached hydrogens (tertiary/aromatic N) is 1. The van der Waals surface area contributed by atoms with Crippen molar-refractivity contribution in [3.8, 4) is 5.75 Å². The molecule has 0 bridgehead atoms. The Labute approximate surface area is 125 Å². The Morgan fingerprint density at radius 3 is 2.36 bits per heavy atom. The van der Waals surface area contributed by atoms with Gasteiger partial charge >= 0.3 is 6.36 Å². The molecular formula is C15H14F3NO3. The van der Waals surface area contributed by atoms with Crippen molar-refractivity contribution < 1.29 is 27.1 Å². The summed E-state index contributed by atoms with van der Waals surface area (Å²) in [4.78, 5) is 13.6. The Hall–Kier alpha value is -2.44. The van der Waals surface area contributed by atoms with Gasteiger partial charge in [0.05, 0.1) is 6.26 Å². The molecule has 118 valence electrons. The van der Waals surface area contributed by atoms with Gasteiger partial charge in [-0.2, -0.15) is 0 Å². The average molecular weight is 313 g/mol. The third kappa shape index (κ3) is 4.03. The van der Waals surface area contributed by atoms with Crippen LogP contribution in [0.5, 0.6) is 5.75 Å². The SMILES string of the molecule is Cc1ccoc1C(=O)N(C)Cc1ccc(OC(F)(F)F)cc1. The van der Waals surface area contributed by atoms with Crippen LogP contribution in [0.1, 0.15) is 21.7 Å². The average Bonchev–Trinajstić information content (AvgIpc) is 2.84. The second-order valence-corrected chi connectivity index (χ2v) is 4.79. The molecule has 0 aliphatic carbocycles. The molecule has 0 spiro atoms. The van der Waals surface area contributed by atoms with Gasteiger partial charge in [-0.1, -0.05) is 12.1 Å². The molecule has 0 radical (unpaired) electrons. The maximum Gasteiger partial charge on any atom is 0.573 e. The maximum atomic E-state index is 12.1. The minimum absolute atomic E-state index is 0.241. The van der Waals surface area contributed by atoms with Crippen LogP contribution in [0.2, 0.25) is 0 Å². The number of furan rings is 1. The second-order valence-electron chi connectivity index (χ2n) is 4.79. The van der Waals surface area contributed by atoms with Crippen LogP contribution in [0.4, 0.5) is 13.2 Å². The number of rotatable bonds is 4. The van der Waals surface area contributed by atoms with E-state index in [0.717, 1.165) is 5.56 Å². The summed E-state index contributed by atoms with van der Waals surface area (Å²) in [6.07, 6.45) is -3.29. The molecule has 0 unspecified atom stereocenters. The van der Waals surface area contributed by atoms with E-state index in [4.69, 9.17) is 4.42 Å². The number of alkyl halides is 3. The van der Waals surface area contributed by atoms with Crippen molar-refractivity contribution in [1.82, 2.24) is 4.90 Å². The van der Waals surface area contributed by atoms with E-state index in [1.54, 1.807) is 20.0 Å². The highest BCUT2D eigenvalue weighted by molar-refractivity contribution is 5.92. The van der Waals surface area contributed by atoms with Crippen molar-refractivity contribution >= 4 is 5.91 Å². The molecule has 0 atom stereocenters. The lowest BCUT2D eigenvalue weighted by atomic mass is 10.2. The van der Waals surface area contributed by atoms with Crippen LogP contribution in [0, 0.1) is 6.92 Å². The summed E-state index contributed by atoms with van der Waals surface area (Å²) in [7, 11) is 1.59. The number of aryl methyl sites for hydroxylation is 1. The smallest absolute Gasteiger partial charge is 0.459 e. The summed E-state index contributed by atoms with van der Waals surface area (Å²) in [5.74, 6) is -0.343. The standard InChI is InChI=1S/C15H14F3NO3/c1-10-7-8-21-13(10)14(20)19(2)9-11-3-5-12(6-4-11)22-15(16,17)18/h3-8H,9H2,1-2H3. The Balaban J connectivity index is 2.01. The highest BCUT2D eigenvalue weighted by Crippen LogP contribution is 2.23. The summed E-state index contributed by atoms with van der Waals surface area (Å²) >= 11 is 0. The molecule has 0 fully saturated rings. The van der Waals surface area contributed by atoms with E-state index in [1.165, 1.54) is 35.4 Å². The quantitative estimate of drug-likeness (QED) is 0.863. The molecule has 1 aromatic heterocycles. The molecule has 0 N–H and O–H groups in total. The van der Waals surface area contributed by atoms with E-state index in [1.807, 2.05) is 0 Å². The summed E-state index contributed by atoms with van der Waals surface area (Å²) < 4.78 is 45.1. The monoisotopic (exact) mass is 313 g/mol. The van der Waals surface area contributed by atoms with E-state index in [0.29, 0.717) is 5.56 Å². The molecule has 2 aromatic rings. The Morgan fingerprint density at radius 2 is 1.86 bits per heavy atom. The normalized spacial score (nSPS) is 11.3. The lowest BCUT2D eigenvalue weighted by Crippen LogP contribution is -2.26. The molecule has 22 heavy (non-hydrogen) atoms. The van der Waals surface area contributed by atoms with Crippen LogP contribution >= 0.6 is 0 Å². The van der Waals surface area contributed by atoms with Crippen molar-refractivity contribution in [2.24, 2.45) is 0 Å². The van der Waals surface area contributed by atoms with Gasteiger partial charge in [-0.25, -0.2) is 0 Å². The van der Waals surface area contributed by atoms with Crippen molar-refractivity contribution in [2.75, 3.05) is 7.05 Å². The lowest BCUT2D eigenvalue weighted by Gasteiger charge is -2.16. The first-order chi connectivity index (χ1) is 10.3. The van der Waals surface area contributed by atoms with Crippen molar-refractivity contribution in [2.45, 2.75) is 19.8 Å². The van der Waals surface area contributed by atoms with Crippen LogP contribution in [0.15, 0.2) is 41.0 Å². The number of ether oxygens (including phenoxy) is 1. The fraction of sp³-hybridized carbons (Fsp3) is 0.267. The highest BCUT2D eigenvalue weighted by atomic mass is 19.4. The van der Waals surface area contributed by atoms with E-state index in [-0.39, 0.29) is 24.0 Å². The van der Waals surface area contributed by atoms with Gasteiger partial charge < -0.3 is 14.1 Å². The van der Waals surface area contributed by atoms with Gasteiger partial charge in [0.1, 0.15) is 5.75 Å². The first-order valence-corrected chi connectivity index (χ1v) is 6.40. The van der Waals surface area contributed by atoms with Crippen molar-refractivity contribution in [1.29, 1.82) is 0 Å². The number of benzene rings is 1. The van der Waals surface area contributed by atoms with Crippen LogP contribution in [-0.4, -0.2) is 24.2 Å². The number of hydrogen-bond acceptors (Lipinski definition) is 3. The third-order valence-electron chi connectivity index (χ3n) is 2.98. The molecule has 1 heterocycles. The van der Waals surface area contributed by atoms with Gasteiger partial charge in [0.25, 0.3) is 5.91 Å². The Bertz CT molecular complexity index is 647. The zero-order valence-electron chi connectivity index (χ0n) is 12.0. The lowest BCUT2D eigenvalue weighted by molar-refractivity contribution is -0.274. The minimum atomic E-state index is -4.72. The second kappa shape index (κ2) is 6.13. The molecule has 1 amide bonds. The van der Waals surface area contributed by atoms with E-state index in [9.17, 15) is 18.0 Å². The van der Waals surface area contributed by atoms with Gasteiger partial charge in [0.2, 0.25) is 0 Å². The van der Waals surface area contributed by atoms with Crippen LogP contribution in [0.3, 0.4) is 0 Å². The van der Waals surface area contributed by atoms with Crippen molar-refractivity contribution in [3.05, 3.63) is 53.5 Å². The largest absolute Gasteiger partial charge is 0.573 e. The fourth-order valence-electron chi connectivity index (χ4n) is 1.91. The summed E-state index contributed by atoms with van der Waals surface area (Å²) in [6, 6.07) is 7.04. The predicted octanol–water partition coefficient (Wildman–Crippen LogP) is 3.76. The van der Waals surface area contributed by atoms with Gasteiger partial charge in [-0.15, -0.1) is 13.2 Å². The number of carbonyl (C=O) groups is 1. The molecular weight excluding hydrogens is 299 g/mol. The predicted molar refractivity (Wildman–Crippen MR) is 72.4 cm³/mol. The minimum Gasteiger partial charge on any atom is -0.459 e. The number of carbonyl (C=O) groups excluding carboxylic acids is 1. The van der Waals surface area contributed by atoms with Gasteiger partial charge in [-0.3, -0.25) is 4.79 Å². The first kappa shape index (κ1) is 15.9. The molecule has 7 heteroatoms. The maximum absolute atomic E-state index is 12.1. The summed E-state index contributed by atoms with van der Waals surface area (Å²) in [5.41, 5.74) is 1.40. The Morgan fingerprint density at radius 1 is 1.23 bits per heavy atom.